The fourth-order valence-corrected chi connectivity index (χ4v) is 4.08. The molecule has 0 spiro atoms. The number of rotatable bonds is 2. The molecule has 0 aromatic carbocycles. The third kappa shape index (κ3) is 2.67. The average molecular weight is 253 g/mol. The summed E-state index contributed by atoms with van der Waals surface area (Å²) in [6.07, 6.45) is 0. The first kappa shape index (κ1) is 7.54. The highest BCUT2D eigenvalue weighted by atomic mass is 127. The Bertz CT molecular complexity index is 155. The van der Waals surface area contributed by atoms with E-state index in [0.717, 1.165) is 3.92 Å². The fourth-order valence-electron chi connectivity index (χ4n) is 0.562. The maximum Gasteiger partial charge on any atom is 0.316 e. The molecule has 0 atom stereocenters. The summed E-state index contributed by atoms with van der Waals surface area (Å²) in [5, 5.41) is 4.44. The Morgan fingerprint density at radius 1 is 1.56 bits per heavy atom. The molecule has 0 N–H and O–H groups in total. The Kier molecular flexibility index (Phi) is 2.98. The van der Waals surface area contributed by atoms with E-state index in [2.05, 4.69) is 30.7 Å². The van der Waals surface area contributed by atoms with E-state index in [1.165, 1.54) is 0 Å². The van der Waals surface area contributed by atoms with E-state index < -0.39 is 0 Å². The fraction of sp³-hybridized carbons (Fsp3) is 0.429. The molecule has 0 fully saturated rings. The predicted octanol–water partition coefficient (Wildman–Crippen LogP) is -0.585. The molecule has 0 aliphatic heterocycles. The first-order chi connectivity index (χ1) is 4.29. The normalized spacial score (nSPS) is 10.6. The van der Waals surface area contributed by atoms with Gasteiger partial charge in [-0.25, -0.2) is 0 Å². The van der Waals surface area contributed by atoms with Crippen molar-refractivity contribution in [2.75, 3.05) is 0 Å². The van der Waals surface area contributed by atoms with Crippen molar-refractivity contribution < 1.29 is 21.2 Å². The molecule has 2 heteroatoms. The van der Waals surface area contributed by atoms with Crippen LogP contribution in [-0.4, -0.2) is 3.92 Å². The smallest absolute Gasteiger partial charge is 0.148 e. The van der Waals surface area contributed by atoms with Crippen molar-refractivity contribution in [3.63, 3.8) is 0 Å². The van der Waals surface area contributed by atoms with E-state index in [1.54, 1.807) is 3.57 Å². The van der Waals surface area contributed by atoms with Crippen molar-refractivity contribution in [2.24, 2.45) is 0 Å². The highest BCUT2D eigenvalue weighted by Crippen LogP contribution is 1.93. The summed E-state index contributed by atoms with van der Waals surface area (Å²) in [6.45, 7) is 4.59. The lowest BCUT2D eigenvalue weighted by molar-refractivity contribution is -0.655. The Balaban J connectivity index is 2.48. The summed E-state index contributed by atoms with van der Waals surface area (Å²) in [5.41, 5.74) is 0. The first-order valence-corrected chi connectivity index (χ1v) is 6.21. The number of halogens is 1. The van der Waals surface area contributed by atoms with Crippen LogP contribution in [0.15, 0.2) is 16.8 Å². The van der Waals surface area contributed by atoms with Gasteiger partial charge in [-0.05, 0) is 19.2 Å². The van der Waals surface area contributed by atoms with Crippen molar-refractivity contribution in [1.82, 2.24) is 0 Å². The molecule has 1 heterocycles. The van der Waals surface area contributed by atoms with Crippen molar-refractivity contribution in [3.05, 3.63) is 20.4 Å². The Morgan fingerprint density at radius 2 is 2.33 bits per heavy atom. The van der Waals surface area contributed by atoms with Crippen LogP contribution in [0.5, 0.6) is 0 Å². The zero-order chi connectivity index (χ0) is 6.69. The van der Waals surface area contributed by atoms with E-state index in [4.69, 9.17) is 0 Å². The van der Waals surface area contributed by atoms with Crippen molar-refractivity contribution in [1.29, 1.82) is 0 Å². The molecule has 0 saturated heterocycles. The third-order valence-electron chi connectivity index (χ3n) is 0.831. The molecule has 1 aromatic heterocycles. The maximum atomic E-state index is 2.30. The molecule has 0 bridgehead atoms. The van der Waals surface area contributed by atoms with Gasteiger partial charge in [0.1, 0.15) is 0 Å². The molecular formula is C7H10IS+. The minimum Gasteiger partial charge on any atom is -0.148 e. The van der Waals surface area contributed by atoms with Gasteiger partial charge in [-0.3, -0.25) is 0 Å². The molecule has 0 radical (unpaired) electrons. The van der Waals surface area contributed by atoms with Gasteiger partial charge in [-0.2, -0.15) is 0 Å². The summed E-state index contributed by atoms with van der Waals surface area (Å²) in [5.74, 6) is 0. The lowest BCUT2D eigenvalue weighted by Gasteiger charge is -1.79. The van der Waals surface area contributed by atoms with Crippen LogP contribution >= 0.6 is 11.3 Å². The van der Waals surface area contributed by atoms with Crippen molar-refractivity contribution >= 4 is 11.3 Å². The van der Waals surface area contributed by atoms with E-state index in [9.17, 15) is 0 Å². The van der Waals surface area contributed by atoms with Gasteiger partial charge in [0.2, 0.25) is 0 Å². The van der Waals surface area contributed by atoms with Crippen LogP contribution in [0, 0.1) is 3.57 Å². The van der Waals surface area contributed by atoms with Crippen LogP contribution in [0.1, 0.15) is 13.8 Å². The average Bonchev–Trinajstić information content (AvgIpc) is 2.15. The highest BCUT2D eigenvalue weighted by molar-refractivity contribution is 7.07. The molecule has 0 saturated carbocycles. The second-order valence-electron chi connectivity index (χ2n) is 2.06. The van der Waals surface area contributed by atoms with Crippen LogP contribution in [0.3, 0.4) is 0 Å². The molecule has 0 aliphatic rings. The topological polar surface area (TPSA) is 0 Å². The van der Waals surface area contributed by atoms with Crippen molar-refractivity contribution in [3.8, 4) is 0 Å². The van der Waals surface area contributed by atoms with Gasteiger partial charge in [-0.1, -0.05) is 0 Å². The second kappa shape index (κ2) is 3.56. The van der Waals surface area contributed by atoms with Gasteiger partial charge in [0.25, 0.3) is 0 Å². The highest BCUT2D eigenvalue weighted by Gasteiger charge is 2.15. The number of alkyl halides is 1. The van der Waals surface area contributed by atoms with E-state index in [-0.39, 0.29) is 0 Å². The van der Waals surface area contributed by atoms with Gasteiger partial charge in [0.05, 0.1) is 0 Å². The molecule has 1 aromatic rings. The van der Waals surface area contributed by atoms with E-state index in [0.29, 0.717) is 21.2 Å². The number of thiophene rings is 1. The molecule has 9 heavy (non-hydrogen) atoms. The van der Waals surface area contributed by atoms with Crippen LogP contribution in [-0.2, 0) is 0 Å². The first-order valence-electron chi connectivity index (χ1n) is 2.94. The molecule has 0 nitrogen and oxygen atoms in total. The largest absolute Gasteiger partial charge is 0.316 e. The SMILES string of the molecule is CC(C)[I+]c1ccsc1. The van der Waals surface area contributed by atoms with Gasteiger partial charge in [0, 0.05) is 11.4 Å². The summed E-state index contributed by atoms with van der Waals surface area (Å²) in [6, 6.07) is 2.25. The Labute approximate surface area is 70.6 Å². The molecule has 0 unspecified atom stereocenters. The van der Waals surface area contributed by atoms with Gasteiger partial charge >= 0.3 is 21.2 Å². The van der Waals surface area contributed by atoms with Gasteiger partial charge in [0.15, 0.2) is 7.49 Å². The summed E-state index contributed by atoms with van der Waals surface area (Å²) >= 11 is 2.12. The van der Waals surface area contributed by atoms with Crippen LogP contribution in [0.2, 0.25) is 0 Å². The van der Waals surface area contributed by atoms with Crippen LogP contribution in [0.4, 0.5) is 0 Å². The maximum absolute atomic E-state index is 2.30. The molecule has 0 aliphatic carbocycles. The molecular weight excluding hydrogens is 243 g/mol. The Hall–Kier alpha value is 0.430. The molecule has 50 valence electrons. The number of hydrogen-bond donors (Lipinski definition) is 0. The Morgan fingerprint density at radius 3 is 2.78 bits per heavy atom. The quantitative estimate of drug-likeness (QED) is 0.488. The minimum atomic E-state index is 0.315. The zero-order valence-electron chi connectivity index (χ0n) is 5.60. The summed E-state index contributed by atoms with van der Waals surface area (Å²) < 4.78 is 2.49. The van der Waals surface area contributed by atoms with Gasteiger partial charge in [-0.15, -0.1) is 11.3 Å². The predicted molar refractivity (Wildman–Crippen MR) is 38.2 cm³/mol. The van der Waals surface area contributed by atoms with Gasteiger partial charge < -0.3 is 0 Å². The standard InChI is InChI=1S/C7H10IS/c1-6(2)8-7-3-4-9-5-7/h3-6H,1-2H3/q+1. The minimum absolute atomic E-state index is 0.315. The lowest BCUT2D eigenvalue weighted by Crippen LogP contribution is -3.64. The monoisotopic (exact) mass is 253 g/mol. The summed E-state index contributed by atoms with van der Waals surface area (Å²) in [7, 11) is 0. The lowest BCUT2D eigenvalue weighted by atomic mass is 10.6. The number of hydrogen-bond acceptors (Lipinski definition) is 1. The van der Waals surface area contributed by atoms with E-state index >= 15 is 0 Å². The van der Waals surface area contributed by atoms with Crippen LogP contribution < -0.4 is 21.2 Å². The van der Waals surface area contributed by atoms with E-state index in [1.807, 2.05) is 11.3 Å². The zero-order valence-corrected chi connectivity index (χ0v) is 8.57. The third-order valence-corrected chi connectivity index (χ3v) is 4.57. The second-order valence-corrected chi connectivity index (χ2v) is 7.20. The summed E-state index contributed by atoms with van der Waals surface area (Å²) in [4.78, 5) is 0. The van der Waals surface area contributed by atoms with Crippen LogP contribution in [0.25, 0.3) is 0 Å². The molecule has 0 amide bonds. The van der Waals surface area contributed by atoms with Crippen molar-refractivity contribution in [2.45, 2.75) is 17.8 Å². The molecule has 1 rings (SSSR count).